The second-order valence-electron chi connectivity index (χ2n) is 7.99. The largest absolute Gasteiger partial charge is 0.503 e. The molecule has 11 heteroatoms. The predicted octanol–water partition coefficient (Wildman–Crippen LogP) is 2.29. The van der Waals surface area contributed by atoms with Crippen LogP contribution in [0, 0.1) is 5.82 Å². The number of methoxy groups -OCH3 is 1. The number of carbonyl (C=O) groups excluding carboxylic acids is 2. The fourth-order valence-corrected chi connectivity index (χ4v) is 4.54. The SMILES string of the molecule is CO[C@H]1C[C@]2(CN(C)C(=O)c3c(O)c(=O)c(C(=O)NCc4cccc(Cl)c4F)cn32)C1.Cl. The summed E-state index contributed by atoms with van der Waals surface area (Å²) >= 11 is 5.75. The minimum absolute atomic E-state index is 0. The monoisotopic (exact) mass is 485 g/mol. The van der Waals surface area contributed by atoms with Crippen LogP contribution in [0.2, 0.25) is 5.02 Å². The van der Waals surface area contributed by atoms with E-state index in [4.69, 9.17) is 16.3 Å². The van der Waals surface area contributed by atoms with Gasteiger partial charge in [0, 0.05) is 39.0 Å². The van der Waals surface area contributed by atoms with Crippen molar-refractivity contribution in [1.82, 2.24) is 14.8 Å². The van der Waals surface area contributed by atoms with E-state index < -0.39 is 34.3 Å². The number of halogens is 3. The average Bonchev–Trinajstić information content (AvgIpc) is 2.71. The van der Waals surface area contributed by atoms with Gasteiger partial charge in [0.15, 0.2) is 11.4 Å². The van der Waals surface area contributed by atoms with Crippen molar-refractivity contribution in [3.05, 3.63) is 62.3 Å². The lowest BCUT2D eigenvalue weighted by Crippen LogP contribution is -2.61. The van der Waals surface area contributed by atoms with Crippen molar-refractivity contribution in [3.8, 4) is 5.75 Å². The topological polar surface area (TPSA) is 101 Å². The first-order valence-corrected chi connectivity index (χ1v) is 10.0. The zero-order valence-corrected chi connectivity index (χ0v) is 18.9. The Morgan fingerprint density at radius 1 is 1.38 bits per heavy atom. The highest BCUT2D eigenvalue weighted by atomic mass is 35.5. The molecule has 0 radical (unpaired) electrons. The Morgan fingerprint density at radius 2 is 2.06 bits per heavy atom. The van der Waals surface area contributed by atoms with E-state index in [-0.39, 0.29) is 46.9 Å². The number of likely N-dealkylation sites (N-methyl/N-ethyl adjacent to an activating group) is 1. The van der Waals surface area contributed by atoms with Gasteiger partial charge in [-0.15, -0.1) is 12.4 Å². The van der Waals surface area contributed by atoms with Crippen molar-refractivity contribution < 1.29 is 23.8 Å². The quantitative estimate of drug-likeness (QED) is 0.691. The third-order valence-corrected chi connectivity index (χ3v) is 6.33. The Kier molecular flexibility index (Phi) is 6.55. The summed E-state index contributed by atoms with van der Waals surface area (Å²) in [4.78, 5) is 39.5. The second-order valence-corrected chi connectivity index (χ2v) is 8.39. The van der Waals surface area contributed by atoms with Crippen LogP contribution in [0.25, 0.3) is 0 Å². The fraction of sp³-hybridized carbons (Fsp3) is 0.381. The molecule has 1 aromatic carbocycles. The molecule has 1 aliphatic carbocycles. The highest BCUT2D eigenvalue weighted by Gasteiger charge is 2.52. The van der Waals surface area contributed by atoms with E-state index in [1.807, 2.05) is 0 Å². The Morgan fingerprint density at radius 3 is 2.72 bits per heavy atom. The molecular weight excluding hydrogens is 464 g/mol. The summed E-state index contributed by atoms with van der Waals surface area (Å²) in [5.41, 5.74) is -1.88. The van der Waals surface area contributed by atoms with Gasteiger partial charge in [0.25, 0.3) is 11.8 Å². The van der Waals surface area contributed by atoms with E-state index in [1.165, 1.54) is 27.8 Å². The molecular formula is C21H22Cl2FN3O5. The molecule has 2 heterocycles. The number of hydrogen-bond donors (Lipinski definition) is 2. The number of benzene rings is 1. The minimum atomic E-state index is -0.961. The summed E-state index contributed by atoms with van der Waals surface area (Å²) in [7, 11) is 3.19. The van der Waals surface area contributed by atoms with Gasteiger partial charge >= 0.3 is 0 Å². The number of ether oxygens (including phenoxy) is 1. The molecule has 1 aliphatic heterocycles. The van der Waals surface area contributed by atoms with Crippen LogP contribution in [0.5, 0.6) is 5.75 Å². The van der Waals surface area contributed by atoms with E-state index in [0.29, 0.717) is 19.4 Å². The van der Waals surface area contributed by atoms with E-state index in [2.05, 4.69) is 5.32 Å². The standard InChI is InChI=1S/C21H21ClFN3O5.ClH/c1-25-10-21(6-12(7-21)31-2)26-9-13(17(27)18(28)16(26)20(25)30)19(29)24-8-11-4-3-5-14(22)15(11)23;/h3-5,9,12,28H,6-8,10H2,1-2H3,(H,24,29);1H/t12-,21+;. The van der Waals surface area contributed by atoms with Crippen molar-refractivity contribution in [2.45, 2.75) is 31.0 Å². The number of nitrogens with zero attached hydrogens (tertiary/aromatic N) is 2. The first-order chi connectivity index (χ1) is 14.7. The Bertz CT molecular complexity index is 1150. The smallest absolute Gasteiger partial charge is 0.274 e. The number of carbonyl (C=O) groups is 2. The molecule has 2 N–H and O–H groups in total. The molecule has 1 spiro atoms. The first-order valence-electron chi connectivity index (χ1n) is 9.67. The lowest BCUT2D eigenvalue weighted by atomic mass is 9.72. The van der Waals surface area contributed by atoms with Gasteiger partial charge < -0.3 is 24.6 Å². The van der Waals surface area contributed by atoms with Gasteiger partial charge in [-0.25, -0.2) is 4.39 Å². The van der Waals surface area contributed by atoms with Crippen molar-refractivity contribution >= 4 is 35.8 Å². The van der Waals surface area contributed by atoms with Crippen LogP contribution in [-0.2, 0) is 16.8 Å². The molecule has 172 valence electrons. The van der Waals surface area contributed by atoms with Gasteiger partial charge in [-0.05, 0) is 18.9 Å². The van der Waals surface area contributed by atoms with Crippen LogP contribution in [-0.4, -0.2) is 53.2 Å². The number of aromatic nitrogens is 1. The van der Waals surface area contributed by atoms with E-state index in [0.717, 1.165) is 0 Å². The van der Waals surface area contributed by atoms with Crippen LogP contribution in [0.3, 0.4) is 0 Å². The molecule has 2 aromatic rings. The summed E-state index contributed by atoms with van der Waals surface area (Å²) in [6, 6.07) is 4.39. The minimum Gasteiger partial charge on any atom is -0.503 e. The highest BCUT2D eigenvalue weighted by Crippen LogP contribution is 2.45. The number of aromatic hydroxyl groups is 1. The van der Waals surface area contributed by atoms with E-state index in [1.54, 1.807) is 20.2 Å². The molecule has 32 heavy (non-hydrogen) atoms. The van der Waals surface area contributed by atoms with E-state index in [9.17, 15) is 23.9 Å². The number of hydrogen-bond acceptors (Lipinski definition) is 5. The van der Waals surface area contributed by atoms with Crippen molar-refractivity contribution in [2.24, 2.45) is 0 Å². The summed E-state index contributed by atoms with van der Waals surface area (Å²) in [6.45, 7) is 0.154. The molecule has 0 unspecified atom stereocenters. The predicted molar refractivity (Wildman–Crippen MR) is 117 cm³/mol. The fourth-order valence-electron chi connectivity index (χ4n) is 4.35. The lowest BCUT2D eigenvalue weighted by molar-refractivity contribution is -0.0673. The van der Waals surface area contributed by atoms with Crippen LogP contribution in [0.1, 0.15) is 39.3 Å². The Balaban J connectivity index is 0.00000289. The third kappa shape index (κ3) is 3.74. The van der Waals surface area contributed by atoms with Gasteiger partial charge in [0.05, 0.1) is 16.7 Å². The molecule has 1 aromatic heterocycles. The molecule has 1 fully saturated rings. The molecule has 2 aliphatic rings. The van der Waals surface area contributed by atoms with Gasteiger partial charge in [0.2, 0.25) is 5.43 Å². The molecule has 8 nitrogen and oxygen atoms in total. The van der Waals surface area contributed by atoms with Gasteiger partial charge in [-0.1, -0.05) is 23.7 Å². The maximum atomic E-state index is 14.1. The normalized spacial score (nSPS) is 21.6. The maximum Gasteiger partial charge on any atom is 0.274 e. The summed E-state index contributed by atoms with van der Waals surface area (Å²) in [5, 5.41) is 12.9. The lowest BCUT2D eigenvalue weighted by Gasteiger charge is -2.53. The molecule has 4 rings (SSSR count). The van der Waals surface area contributed by atoms with E-state index >= 15 is 0 Å². The average molecular weight is 486 g/mol. The van der Waals surface area contributed by atoms with Gasteiger partial charge in [0.1, 0.15) is 11.4 Å². The van der Waals surface area contributed by atoms with Gasteiger partial charge in [-0.3, -0.25) is 14.4 Å². The zero-order valence-electron chi connectivity index (χ0n) is 17.4. The third-order valence-electron chi connectivity index (χ3n) is 6.04. The molecule has 0 bridgehead atoms. The van der Waals surface area contributed by atoms with Crippen molar-refractivity contribution in [1.29, 1.82) is 0 Å². The zero-order chi connectivity index (χ0) is 22.5. The van der Waals surface area contributed by atoms with Crippen LogP contribution < -0.4 is 10.7 Å². The van der Waals surface area contributed by atoms with Gasteiger partial charge in [-0.2, -0.15) is 0 Å². The molecule has 0 saturated heterocycles. The van der Waals surface area contributed by atoms with Crippen molar-refractivity contribution in [3.63, 3.8) is 0 Å². The Hall–Kier alpha value is -2.62. The second kappa shape index (κ2) is 8.73. The summed E-state index contributed by atoms with van der Waals surface area (Å²) in [5.74, 6) is -2.74. The first kappa shape index (κ1) is 24.0. The number of amides is 2. The van der Waals surface area contributed by atoms with Crippen LogP contribution in [0.4, 0.5) is 4.39 Å². The molecule has 0 atom stereocenters. The number of fused-ring (bicyclic) bond motifs is 2. The summed E-state index contributed by atoms with van der Waals surface area (Å²) in [6.07, 6.45) is 2.40. The summed E-state index contributed by atoms with van der Waals surface area (Å²) < 4.78 is 21.0. The highest BCUT2D eigenvalue weighted by molar-refractivity contribution is 6.30. The maximum absolute atomic E-state index is 14.1. The molecule has 1 saturated carbocycles. The molecule has 2 amide bonds. The van der Waals surface area contributed by atoms with Crippen LogP contribution in [0.15, 0.2) is 29.2 Å². The Labute approximate surface area is 194 Å². The number of rotatable bonds is 4. The van der Waals surface area contributed by atoms with Crippen LogP contribution >= 0.6 is 24.0 Å². The van der Waals surface area contributed by atoms with Crippen molar-refractivity contribution in [2.75, 3.05) is 20.7 Å². The number of nitrogens with one attached hydrogen (secondary N) is 1. The number of pyridine rings is 1.